The van der Waals surface area contributed by atoms with Gasteiger partial charge >= 0.3 is 0 Å². The van der Waals surface area contributed by atoms with E-state index in [1.165, 1.54) is 0 Å². The van der Waals surface area contributed by atoms with Gasteiger partial charge in [-0.25, -0.2) is 8.42 Å². The van der Waals surface area contributed by atoms with Crippen molar-refractivity contribution in [1.29, 1.82) is 0 Å². The normalized spacial score (nSPS) is 15.9. The van der Waals surface area contributed by atoms with Crippen molar-refractivity contribution in [2.75, 3.05) is 35.6 Å². The summed E-state index contributed by atoms with van der Waals surface area (Å²) in [7, 11) is -3.70. The number of para-hydroxylation sites is 1. The quantitative estimate of drug-likeness (QED) is 0.582. The van der Waals surface area contributed by atoms with E-state index in [4.69, 9.17) is 4.74 Å². The van der Waals surface area contributed by atoms with Gasteiger partial charge in [-0.15, -0.1) is 0 Å². The zero-order valence-corrected chi connectivity index (χ0v) is 20.0. The Kier molecular flexibility index (Phi) is 8.10. The van der Waals surface area contributed by atoms with Gasteiger partial charge in [-0.3, -0.25) is 13.9 Å². The predicted molar refractivity (Wildman–Crippen MR) is 129 cm³/mol. The van der Waals surface area contributed by atoms with Gasteiger partial charge in [0.25, 0.3) is 5.91 Å². The largest absolute Gasteiger partial charge is 0.376 e. The molecule has 3 rings (SSSR count). The molecule has 1 atom stereocenters. The predicted octanol–water partition coefficient (Wildman–Crippen LogP) is 3.12. The van der Waals surface area contributed by atoms with Crippen molar-refractivity contribution in [3.8, 4) is 0 Å². The minimum Gasteiger partial charge on any atom is -0.376 e. The molecule has 0 spiro atoms. The van der Waals surface area contributed by atoms with Crippen LogP contribution in [0.2, 0.25) is 0 Å². The highest BCUT2D eigenvalue weighted by atomic mass is 32.2. The van der Waals surface area contributed by atoms with E-state index in [1.807, 2.05) is 26.0 Å². The summed E-state index contributed by atoms with van der Waals surface area (Å²) >= 11 is 0. The Morgan fingerprint density at radius 3 is 2.42 bits per heavy atom. The topological polar surface area (TPSA) is 105 Å². The molecule has 1 fully saturated rings. The second-order valence-electron chi connectivity index (χ2n) is 8.45. The zero-order chi connectivity index (χ0) is 24.0. The van der Waals surface area contributed by atoms with Crippen LogP contribution in [0.4, 0.5) is 11.4 Å². The Labute approximate surface area is 195 Å². The lowest BCUT2D eigenvalue weighted by Gasteiger charge is -2.23. The Morgan fingerprint density at radius 2 is 1.82 bits per heavy atom. The molecule has 0 bridgehead atoms. The van der Waals surface area contributed by atoms with Gasteiger partial charge in [-0.1, -0.05) is 38.1 Å². The molecule has 2 N–H and O–H groups in total. The number of rotatable bonds is 9. The molecule has 1 aliphatic heterocycles. The summed E-state index contributed by atoms with van der Waals surface area (Å²) in [4.78, 5) is 25.5. The first-order chi connectivity index (χ1) is 15.6. The summed E-state index contributed by atoms with van der Waals surface area (Å²) in [5.74, 6) is -0.574. The van der Waals surface area contributed by atoms with Gasteiger partial charge in [-0.05, 0) is 48.6 Å². The molecule has 2 amide bonds. The van der Waals surface area contributed by atoms with E-state index in [1.54, 1.807) is 36.4 Å². The fraction of sp³-hybridized carbons (Fsp3) is 0.417. The van der Waals surface area contributed by atoms with Crippen molar-refractivity contribution in [3.05, 3.63) is 59.7 Å². The van der Waals surface area contributed by atoms with Crippen molar-refractivity contribution in [1.82, 2.24) is 5.32 Å². The third-order valence-electron chi connectivity index (χ3n) is 5.50. The average molecular weight is 474 g/mol. The van der Waals surface area contributed by atoms with Gasteiger partial charge in [0.1, 0.15) is 6.54 Å². The van der Waals surface area contributed by atoms with Crippen LogP contribution in [-0.2, 0) is 19.6 Å². The summed E-state index contributed by atoms with van der Waals surface area (Å²) in [6.07, 6.45) is 2.94. The molecule has 1 aliphatic rings. The van der Waals surface area contributed by atoms with E-state index in [2.05, 4.69) is 10.6 Å². The molecule has 0 aliphatic carbocycles. The van der Waals surface area contributed by atoms with Crippen molar-refractivity contribution in [2.45, 2.75) is 38.7 Å². The fourth-order valence-corrected chi connectivity index (χ4v) is 4.50. The monoisotopic (exact) mass is 473 g/mol. The van der Waals surface area contributed by atoms with Gasteiger partial charge in [0, 0.05) is 13.2 Å². The summed E-state index contributed by atoms with van der Waals surface area (Å²) in [5, 5.41) is 5.52. The fourth-order valence-electron chi connectivity index (χ4n) is 3.64. The van der Waals surface area contributed by atoms with Crippen LogP contribution in [0.15, 0.2) is 48.5 Å². The second kappa shape index (κ2) is 10.8. The van der Waals surface area contributed by atoms with Gasteiger partial charge < -0.3 is 15.4 Å². The van der Waals surface area contributed by atoms with Gasteiger partial charge in [0.15, 0.2) is 0 Å². The Morgan fingerprint density at radius 1 is 1.12 bits per heavy atom. The van der Waals surface area contributed by atoms with Crippen LogP contribution < -0.4 is 14.9 Å². The molecule has 0 aromatic heterocycles. The van der Waals surface area contributed by atoms with Crippen LogP contribution >= 0.6 is 0 Å². The van der Waals surface area contributed by atoms with Crippen LogP contribution in [0.3, 0.4) is 0 Å². The highest BCUT2D eigenvalue weighted by Gasteiger charge is 2.23. The maximum absolute atomic E-state index is 12.8. The van der Waals surface area contributed by atoms with Crippen LogP contribution in [0.1, 0.15) is 48.5 Å². The molecule has 0 radical (unpaired) electrons. The summed E-state index contributed by atoms with van der Waals surface area (Å²) in [5.41, 5.74) is 2.09. The third-order valence-corrected chi connectivity index (χ3v) is 6.64. The number of amides is 2. The molecular weight excluding hydrogens is 442 g/mol. The molecule has 178 valence electrons. The average Bonchev–Trinajstić information content (AvgIpc) is 3.29. The molecule has 1 saturated heterocycles. The molecule has 1 heterocycles. The number of carbonyl (C=O) groups is 2. The van der Waals surface area contributed by atoms with Gasteiger partial charge in [0.2, 0.25) is 15.9 Å². The molecule has 0 unspecified atom stereocenters. The number of anilines is 2. The maximum Gasteiger partial charge on any atom is 0.253 e. The summed E-state index contributed by atoms with van der Waals surface area (Å²) in [6.45, 7) is 4.78. The number of sulfonamides is 1. The number of benzene rings is 2. The number of carbonyl (C=O) groups excluding carboxylic acids is 2. The van der Waals surface area contributed by atoms with Gasteiger partial charge in [-0.2, -0.15) is 0 Å². The van der Waals surface area contributed by atoms with E-state index >= 15 is 0 Å². The van der Waals surface area contributed by atoms with E-state index in [9.17, 15) is 18.0 Å². The third kappa shape index (κ3) is 6.79. The molecule has 2 aromatic carbocycles. The van der Waals surface area contributed by atoms with E-state index in [-0.39, 0.29) is 12.0 Å². The van der Waals surface area contributed by atoms with Gasteiger partial charge in [0.05, 0.1) is 29.3 Å². The zero-order valence-electron chi connectivity index (χ0n) is 19.2. The first-order valence-electron chi connectivity index (χ1n) is 11.0. The lowest BCUT2D eigenvalue weighted by Crippen LogP contribution is -2.38. The van der Waals surface area contributed by atoms with Crippen molar-refractivity contribution >= 4 is 33.2 Å². The van der Waals surface area contributed by atoms with Crippen LogP contribution in [0.5, 0.6) is 0 Å². The van der Waals surface area contributed by atoms with Crippen LogP contribution in [-0.4, -0.2) is 52.3 Å². The minimum absolute atomic E-state index is 0.00102. The lowest BCUT2D eigenvalue weighted by molar-refractivity contribution is -0.114. The molecule has 33 heavy (non-hydrogen) atoms. The highest BCUT2D eigenvalue weighted by Crippen LogP contribution is 2.22. The van der Waals surface area contributed by atoms with Crippen molar-refractivity contribution in [2.24, 2.45) is 0 Å². The summed E-state index contributed by atoms with van der Waals surface area (Å²) < 4.78 is 31.4. The smallest absolute Gasteiger partial charge is 0.253 e. The lowest BCUT2D eigenvalue weighted by atomic mass is 10.0. The Bertz CT molecular complexity index is 1080. The van der Waals surface area contributed by atoms with E-state index in [0.717, 1.165) is 29.0 Å². The second-order valence-corrected chi connectivity index (χ2v) is 10.4. The number of nitrogens with zero attached hydrogens (tertiary/aromatic N) is 1. The highest BCUT2D eigenvalue weighted by molar-refractivity contribution is 7.92. The van der Waals surface area contributed by atoms with Crippen molar-refractivity contribution in [3.63, 3.8) is 0 Å². The Hall–Kier alpha value is -2.91. The van der Waals surface area contributed by atoms with Crippen LogP contribution in [0, 0.1) is 0 Å². The maximum atomic E-state index is 12.8. The van der Waals surface area contributed by atoms with E-state index in [0.29, 0.717) is 36.0 Å². The number of nitrogens with one attached hydrogen (secondary N) is 2. The van der Waals surface area contributed by atoms with E-state index < -0.39 is 22.5 Å². The molecule has 2 aromatic rings. The standard InChI is InChI=1S/C24H31N3O5S/c1-17(2)18-10-12-19(13-11-18)27(33(3,30)31)16-23(28)26-22-9-5-4-8-21(22)24(29)25-15-20-7-6-14-32-20/h4-5,8-13,17,20H,6-7,14-16H2,1-3H3,(H,25,29)(H,26,28)/t20-/m0/s1. The molecule has 0 saturated carbocycles. The number of hydrogen-bond acceptors (Lipinski definition) is 5. The van der Waals surface area contributed by atoms with Crippen LogP contribution in [0.25, 0.3) is 0 Å². The first-order valence-corrected chi connectivity index (χ1v) is 12.9. The molecule has 9 heteroatoms. The first kappa shape index (κ1) is 24.7. The summed E-state index contributed by atoms with van der Waals surface area (Å²) in [6, 6.07) is 13.7. The van der Waals surface area contributed by atoms with Crippen molar-refractivity contribution < 1.29 is 22.7 Å². The molecular formula is C24H31N3O5S. The molecule has 8 nitrogen and oxygen atoms in total. The number of ether oxygens (including phenoxy) is 1. The SMILES string of the molecule is CC(C)c1ccc(N(CC(=O)Nc2ccccc2C(=O)NC[C@@H]2CCCO2)S(C)(=O)=O)cc1. The number of hydrogen-bond donors (Lipinski definition) is 2. The Balaban J connectivity index is 1.71. The minimum atomic E-state index is -3.70.